The summed E-state index contributed by atoms with van der Waals surface area (Å²) in [6.07, 6.45) is 1.15. The van der Waals surface area contributed by atoms with E-state index in [9.17, 15) is 15.2 Å². The van der Waals surface area contributed by atoms with Crippen LogP contribution in [0.1, 0.15) is 5.56 Å². The molecule has 2 heterocycles. The molecule has 2 aromatic carbocycles. The lowest BCUT2D eigenvalue weighted by Crippen LogP contribution is -2.32. The van der Waals surface area contributed by atoms with Crippen molar-refractivity contribution >= 4 is 5.82 Å². The van der Waals surface area contributed by atoms with Crippen LogP contribution in [0.3, 0.4) is 0 Å². The fourth-order valence-corrected chi connectivity index (χ4v) is 2.92. The van der Waals surface area contributed by atoms with Gasteiger partial charge in [-0.15, -0.1) is 0 Å². The maximum absolute atomic E-state index is 10.8. The third kappa shape index (κ3) is 3.75. The summed E-state index contributed by atoms with van der Waals surface area (Å²) in [6.45, 7) is 1.18. The molecule has 27 heavy (non-hydrogen) atoms. The van der Waals surface area contributed by atoms with E-state index in [0.717, 1.165) is 16.7 Å². The molecule has 138 valence electrons. The highest BCUT2D eigenvalue weighted by atomic mass is 16.6. The standard InChI is InChI=1S/C19H17N3O5/c23-16-7-5-15(6-8-16)14-3-1-13(2-4-14)11-26-17-9-21-10-18(22(24)25)20-19(21)27-12-17/h1-8,10,17,23H,9,11-12H2/t17-/m0/s1. The maximum atomic E-state index is 10.8. The molecule has 3 aromatic rings. The molecule has 8 heteroatoms. The van der Waals surface area contributed by atoms with Crippen LogP contribution in [0.4, 0.5) is 5.82 Å². The van der Waals surface area contributed by atoms with Crippen molar-refractivity contribution in [1.82, 2.24) is 9.55 Å². The van der Waals surface area contributed by atoms with Gasteiger partial charge in [-0.3, -0.25) is 4.57 Å². The van der Waals surface area contributed by atoms with Gasteiger partial charge in [0.2, 0.25) is 0 Å². The van der Waals surface area contributed by atoms with Crippen LogP contribution >= 0.6 is 0 Å². The van der Waals surface area contributed by atoms with Crippen LogP contribution in [0, 0.1) is 10.1 Å². The molecule has 0 unspecified atom stereocenters. The van der Waals surface area contributed by atoms with Crippen LogP contribution in [-0.2, 0) is 17.9 Å². The fraction of sp³-hybridized carbons (Fsp3) is 0.211. The SMILES string of the molecule is O=[N+]([O-])c1cn2c(n1)OC[C@@H](OCc1ccc(-c3ccc(O)cc3)cc1)C2. The van der Waals surface area contributed by atoms with E-state index in [-0.39, 0.29) is 23.7 Å². The van der Waals surface area contributed by atoms with Crippen LogP contribution in [0.5, 0.6) is 11.8 Å². The minimum Gasteiger partial charge on any atom is -0.508 e. The van der Waals surface area contributed by atoms with E-state index in [1.807, 2.05) is 36.4 Å². The molecule has 4 rings (SSSR count). The van der Waals surface area contributed by atoms with Crippen molar-refractivity contribution < 1.29 is 19.5 Å². The van der Waals surface area contributed by atoms with Gasteiger partial charge in [-0.2, -0.15) is 0 Å². The summed E-state index contributed by atoms with van der Waals surface area (Å²) in [5.41, 5.74) is 3.09. The quantitative estimate of drug-likeness (QED) is 0.549. The van der Waals surface area contributed by atoms with Crippen molar-refractivity contribution in [1.29, 1.82) is 0 Å². The van der Waals surface area contributed by atoms with Gasteiger partial charge in [0, 0.05) is 4.98 Å². The number of rotatable bonds is 5. The van der Waals surface area contributed by atoms with Crippen molar-refractivity contribution in [3.63, 3.8) is 0 Å². The maximum Gasteiger partial charge on any atom is 0.414 e. The van der Waals surface area contributed by atoms with E-state index < -0.39 is 4.92 Å². The first kappa shape index (κ1) is 17.0. The second kappa shape index (κ2) is 7.08. The van der Waals surface area contributed by atoms with Crippen molar-refractivity contribution in [2.45, 2.75) is 19.3 Å². The van der Waals surface area contributed by atoms with E-state index >= 15 is 0 Å². The van der Waals surface area contributed by atoms with E-state index in [1.165, 1.54) is 6.20 Å². The molecule has 0 aliphatic carbocycles. The van der Waals surface area contributed by atoms with E-state index in [4.69, 9.17) is 9.47 Å². The minimum atomic E-state index is -0.541. The minimum absolute atomic E-state index is 0.205. The van der Waals surface area contributed by atoms with E-state index in [1.54, 1.807) is 16.7 Å². The number of benzene rings is 2. The van der Waals surface area contributed by atoms with Crippen molar-refractivity contribution in [3.8, 4) is 22.9 Å². The first-order valence-corrected chi connectivity index (χ1v) is 8.43. The number of ether oxygens (including phenoxy) is 2. The van der Waals surface area contributed by atoms with Gasteiger partial charge in [-0.25, -0.2) is 0 Å². The number of aromatic hydroxyl groups is 1. The highest BCUT2D eigenvalue weighted by Crippen LogP contribution is 2.24. The molecular weight excluding hydrogens is 350 g/mol. The van der Waals surface area contributed by atoms with Crippen molar-refractivity contribution in [2.75, 3.05) is 6.61 Å². The molecule has 8 nitrogen and oxygen atoms in total. The lowest BCUT2D eigenvalue weighted by Gasteiger charge is -2.22. The molecule has 1 aliphatic rings. The molecule has 0 fully saturated rings. The van der Waals surface area contributed by atoms with Crippen LogP contribution in [0.25, 0.3) is 11.1 Å². The number of hydrogen-bond acceptors (Lipinski definition) is 6. The van der Waals surface area contributed by atoms with Crippen LogP contribution in [0.15, 0.2) is 54.7 Å². The number of aromatic nitrogens is 2. The van der Waals surface area contributed by atoms with Crippen LogP contribution in [0.2, 0.25) is 0 Å². The molecule has 1 aromatic heterocycles. The number of hydrogen-bond donors (Lipinski definition) is 1. The summed E-state index contributed by atoms with van der Waals surface area (Å²) in [5, 5.41) is 20.2. The summed E-state index contributed by atoms with van der Waals surface area (Å²) >= 11 is 0. The lowest BCUT2D eigenvalue weighted by molar-refractivity contribution is -0.389. The molecule has 0 saturated heterocycles. The fourth-order valence-electron chi connectivity index (χ4n) is 2.92. The van der Waals surface area contributed by atoms with Gasteiger partial charge in [0.15, 0.2) is 0 Å². The summed E-state index contributed by atoms with van der Waals surface area (Å²) in [4.78, 5) is 14.1. The molecule has 0 radical (unpaired) electrons. The molecule has 0 amide bonds. The van der Waals surface area contributed by atoms with Crippen LogP contribution < -0.4 is 4.74 Å². The Hall–Kier alpha value is -3.39. The van der Waals surface area contributed by atoms with E-state index in [0.29, 0.717) is 19.8 Å². The van der Waals surface area contributed by atoms with Gasteiger partial charge in [0.1, 0.15) is 24.7 Å². The average Bonchev–Trinajstić information content (AvgIpc) is 3.11. The van der Waals surface area contributed by atoms with Gasteiger partial charge >= 0.3 is 11.8 Å². The Balaban J connectivity index is 1.36. The summed E-state index contributed by atoms with van der Waals surface area (Å²) in [6, 6.07) is 15.3. The Bertz CT molecular complexity index is 950. The zero-order valence-electron chi connectivity index (χ0n) is 14.3. The average molecular weight is 367 g/mol. The van der Waals surface area contributed by atoms with Gasteiger partial charge in [0.05, 0.1) is 13.2 Å². The monoisotopic (exact) mass is 367 g/mol. The Labute approximate surface area is 154 Å². The highest BCUT2D eigenvalue weighted by molar-refractivity contribution is 5.64. The number of nitro groups is 1. The highest BCUT2D eigenvalue weighted by Gasteiger charge is 2.28. The van der Waals surface area contributed by atoms with E-state index in [2.05, 4.69) is 4.98 Å². The Kier molecular flexibility index (Phi) is 4.47. The number of nitrogens with zero attached hydrogens (tertiary/aromatic N) is 3. The zero-order chi connectivity index (χ0) is 18.8. The van der Waals surface area contributed by atoms with Gasteiger partial charge in [0.25, 0.3) is 0 Å². The van der Waals surface area contributed by atoms with Gasteiger partial charge in [-0.05, 0) is 33.7 Å². The Morgan fingerprint density at radius 1 is 1.19 bits per heavy atom. The van der Waals surface area contributed by atoms with Crippen molar-refractivity contribution in [3.05, 3.63) is 70.4 Å². The molecular formula is C19H17N3O5. The Morgan fingerprint density at radius 2 is 1.85 bits per heavy atom. The lowest BCUT2D eigenvalue weighted by atomic mass is 10.0. The van der Waals surface area contributed by atoms with Crippen molar-refractivity contribution in [2.24, 2.45) is 0 Å². The third-order valence-corrected chi connectivity index (χ3v) is 4.35. The molecule has 0 bridgehead atoms. The number of fused-ring (bicyclic) bond motifs is 1. The smallest absolute Gasteiger partial charge is 0.414 e. The second-order valence-corrected chi connectivity index (χ2v) is 6.28. The number of phenolic OH excluding ortho intramolecular Hbond substituents is 1. The Morgan fingerprint density at radius 3 is 2.52 bits per heavy atom. The molecule has 0 spiro atoms. The summed E-state index contributed by atoms with van der Waals surface area (Å²) < 4.78 is 12.9. The zero-order valence-corrected chi connectivity index (χ0v) is 14.3. The summed E-state index contributed by atoms with van der Waals surface area (Å²) in [5.74, 6) is 0.0142. The topological polar surface area (TPSA) is 99.7 Å². The third-order valence-electron chi connectivity index (χ3n) is 4.35. The van der Waals surface area contributed by atoms with Gasteiger partial charge < -0.3 is 24.7 Å². The summed E-state index contributed by atoms with van der Waals surface area (Å²) in [7, 11) is 0. The van der Waals surface area contributed by atoms with Crippen LogP contribution in [-0.4, -0.2) is 32.3 Å². The molecule has 1 N–H and O–H groups in total. The first-order chi connectivity index (χ1) is 13.1. The predicted octanol–water partition coefficient (Wildman–Crippen LogP) is 3.14. The number of phenols is 1. The normalized spacial score (nSPS) is 15.8. The molecule has 1 aliphatic heterocycles. The largest absolute Gasteiger partial charge is 0.508 e. The van der Waals surface area contributed by atoms with Gasteiger partial charge in [-0.1, -0.05) is 36.4 Å². The first-order valence-electron chi connectivity index (χ1n) is 8.43. The molecule has 0 saturated carbocycles. The second-order valence-electron chi connectivity index (χ2n) is 6.28. The number of imidazole rings is 1. The molecule has 1 atom stereocenters. The predicted molar refractivity (Wildman–Crippen MR) is 96.5 cm³/mol.